The number of nitrogens with zero attached hydrogens (tertiary/aromatic N) is 3. The zero-order chi connectivity index (χ0) is 20.6. The summed E-state index contributed by atoms with van der Waals surface area (Å²) in [4.78, 5) is 24.7. The summed E-state index contributed by atoms with van der Waals surface area (Å²) in [7, 11) is 0. The Balaban J connectivity index is 1.66. The summed E-state index contributed by atoms with van der Waals surface area (Å²) < 4.78 is 17.7. The third-order valence-corrected chi connectivity index (χ3v) is 4.71. The molecule has 1 amide bonds. The lowest BCUT2D eigenvalue weighted by molar-refractivity contribution is -0.143. The van der Waals surface area contributed by atoms with Crippen LogP contribution in [0.3, 0.4) is 0 Å². The number of carbonyl (C=O) groups excluding carboxylic acids is 2. The van der Waals surface area contributed by atoms with Crippen LogP contribution < -0.4 is 5.32 Å². The van der Waals surface area contributed by atoms with Gasteiger partial charge in [0, 0.05) is 25.8 Å². The van der Waals surface area contributed by atoms with E-state index in [2.05, 4.69) is 15.6 Å². The van der Waals surface area contributed by atoms with E-state index in [9.17, 15) is 9.59 Å². The minimum absolute atomic E-state index is 0.0397. The van der Waals surface area contributed by atoms with Crippen molar-refractivity contribution in [1.29, 1.82) is 0 Å². The zero-order valence-electron chi connectivity index (χ0n) is 17.0. The van der Waals surface area contributed by atoms with E-state index in [0.29, 0.717) is 50.5 Å². The molecule has 0 saturated heterocycles. The number of hydrogen-bond donors (Lipinski definition) is 1. The number of amides is 1. The van der Waals surface area contributed by atoms with Crippen molar-refractivity contribution in [2.45, 2.75) is 52.5 Å². The molecule has 29 heavy (non-hydrogen) atoms. The minimum Gasteiger partial charge on any atom is -0.463 e. The number of nitrogens with one attached hydrogen (secondary N) is 1. The Morgan fingerprint density at radius 1 is 1.34 bits per heavy atom. The van der Waals surface area contributed by atoms with E-state index in [1.807, 2.05) is 6.92 Å². The maximum Gasteiger partial charge on any atom is 0.313 e. The quantitative estimate of drug-likeness (QED) is 0.729. The molecule has 2 aromatic heterocycles. The number of hydrogen-bond acceptors (Lipinski definition) is 7. The van der Waals surface area contributed by atoms with Crippen LogP contribution in [0.2, 0.25) is 0 Å². The van der Waals surface area contributed by atoms with E-state index in [-0.39, 0.29) is 24.9 Å². The molecule has 0 aromatic carbocycles. The molecule has 0 fully saturated rings. The Kier molecular flexibility index (Phi) is 7.40. The van der Waals surface area contributed by atoms with Gasteiger partial charge in [-0.05, 0) is 32.6 Å². The van der Waals surface area contributed by atoms with E-state index in [0.717, 1.165) is 29.9 Å². The van der Waals surface area contributed by atoms with Crippen molar-refractivity contribution < 1.29 is 23.6 Å². The van der Waals surface area contributed by atoms with Crippen LogP contribution in [0.25, 0.3) is 0 Å². The molecule has 1 N–H and O–H groups in total. The first-order valence-electron chi connectivity index (χ1n) is 10.1. The first-order valence-corrected chi connectivity index (χ1v) is 10.1. The summed E-state index contributed by atoms with van der Waals surface area (Å²) in [5.41, 5.74) is 3.01. The first-order chi connectivity index (χ1) is 14.1. The van der Waals surface area contributed by atoms with Gasteiger partial charge in [-0.1, -0.05) is 12.1 Å². The van der Waals surface area contributed by atoms with Gasteiger partial charge in [-0.15, -0.1) is 0 Å². The van der Waals surface area contributed by atoms with Gasteiger partial charge in [0.2, 0.25) is 0 Å². The van der Waals surface area contributed by atoms with Crippen LogP contribution in [0.4, 0.5) is 0 Å². The number of carbonyl (C=O) groups is 2. The number of esters is 1. The fraction of sp³-hybridized carbons (Fsp3) is 0.600. The summed E-state index contributed by atoms with van der Waals surface area (Å²) in [5, 5.41) is 11.3. The van der Waals surface area contributed by atoms with E-state index in [4.69, 9.17) is 14.0 Å². The smallest absolute Gasteiger partial charge is 0.313 e. The van der Waals surface area contributed by atoms with Gasteiger partial charge in [-0.25, -0.2) is 0 Å². The van der Waals surface area contributed by atoms with Gasteiger partial charge >= 0.3 is 5.97 Å². The van der Waals surface area contributed by atoms with Crippen molar-refractivity contribution in [3.63, 3.8) is 0 Å². The molecule has 0 atom stereocenters. The average Bonchev–Trinajstić information content (AvgIpc) is 3.25. The first kappa shape index (κ1) is 21.0. The highest BCUT2D eigenvalue weighted by molar-refractivity contribution is 5.96. The highest BCUT2D eigenvalue weighted by atomic mass is 16.5. The monoisotopic (exact) mass is 404 g/mol. The second-order valence-electron chi connectivity index (χ2n) is 7.00. The highest BCUT2D eigenvalue weighted by Gasteiger charge is 2.23. The van der Waals surface area contributed by atoms with Crippen LogP contribution >= 0.6 is 0 Å². The minimum atomic E-state index is -0.386. The molecule has 158 valence electrons. The molecular formula is C20H28N4O5. The Bertz CT molecular complexity index is 842. The lowest BCUT2D eigenvalue weighted by Gasteiger charge is -2.10. The molecule has 0 radical (unpaired) electrons. The van der Waals surface area contributed by atoms with Crippen molar-refractivity contribution in [2.75, 3.05) is 26.4 Å². The molecular weight excluding hydrogens is 376 g/mol. The van der Waals surface area contributed by atoms with Gasteiger partial charge in [-0.3, -0.25) is 14.3 Å². The largest absolute Gasteiger partial charge is 0.463 e. The maximum absolute atomic E-state index is 12.7. The molecule has 3 rings (SSSR count). The van der Waals surface area contributed by atoms with Crippen molar-refractivity contribution in [2.24, 2.45) is 0 Å². The standard InChI is InChI=1S/C20H28N4O5/c1-3-16-19-17(6-4-9-27-10-5-7-21-20(19)26)24(22-16)8-11-28-18(25)13-15-12-14(2)23-29-15/h12H,3-11,13H2,1-2H3,(H,21,26). The van der Waals surface area contributed by atoms with Crippen LogP contribution in [0, 0.1) is 6.92 Å². The SMILES string of the molecule is CCc1nn(CCOC(=O)Cc2cc(C)no2)c2c1C(=O)NCCCOCCC2. The number of aromatic nitrogens is 3. The fourth-order valence-corrected chi connectivity index (χ4v) is 3.35. The van der Waals surface area contributed by atoms with Crippen LogP contribution in [0.1, 0.15) is 53.0 Å². The zero-order valence-corrected chi connectivity index (χ0v) is 17.0. The molecule has 1 aliphatic rings. The predicted octanol–water partition coefficient (Wildman–Crippen LogP) is 1.61. The Labute approximate surface area is 169 Å². The van der Waals surface area contributed by atoms with E-state index >= 15 is 0 Å². The fourth-order valence-electron chi connectivity index (χ4n) is 3.35. The summed E-state index contributed by atoms with van der Waals surface area (Å²) in [6.45, 7) is 6.19. The number of fused-ring (bicyclic) bond motifs is 1. The van der Waals surface area contributed by atoms with E-state index in [1.165, 1.54) is 0 Å². The third-order valence-electron chi connectivity index (χ3n) is 4.71. The predicted molar refractivity (Wildman–Crippen MR) is 104 cm³/mol. The van der Waals surface area contributed by atoms with Crippen LogP contribution in [-0.2, 0) is 40.1 Å². The molecule has 0 unspecified atom stereocenters. The Morgan fingerprint density at radius 3 is 2.93 bits per heavy atom. The molecule has 1 aliphatic heterocycles. The van der Waals surface area contributed by atoms with Crippen LogP contribution in [-0.4, -0.2) is 53.2 Å². The van der Waals surface area contributed by atoms with Gasteiger partial charge < -0.3 is 19.3 Å². The van der Waals surface area contributed by atoms with Gasteiger partial charge in [0.25, 0.3) is 5.91 Å². The van der Waals surface area contributed by atoms with E-state index < -0.39 is 0 Å². The number of rotatable bonds is 6. The van der Waals surface area contributed by atoms with Gasteiger partial charge in [0.15, 0.2) is 0 Å². The lowest BCUT2D eigenvalue weighted by Crippen LogP contribution is -2.26. The molecule has 0 aliphatic carbocycles. The molecule has 0 spiro atoms. The van der Waals surface area contributed by atoms with Gasteiger partial charge in [0.05, 0.1) is 29.2 Å². The Morgan fingerprint density at radius 2 is 2.17 bits per heavy atom. The average molecular weight is 404 g/mol. The molecule has 0 bridgehead atoms. The van der Waals surface area contributed by atoms with E-state index in [1.54, 1.807) is 17.7 Å². The summed E-state index contributed by atoms with van der Waals surface area (Å²) in [5.74, 6) is -0.00413. The normalized spacial score (nSPS) is 15.3. The summed E-state index contributed by atoms with van der Waals surface area (Å²) in [6.07, 6.45) is 2.97. The maximum atomic E-state index is 12.7. The van der Waals surface area contributed by atoms with Gasteiger partial charge in [0.1, 0.15) is 18.8 Å². The molecule has 9 heteroatoms. The van der Waals surface area contributed by atoms with Crippen molar-refractivity contribution >= 4 is 11.9 Å². The number of ether oxygens (including phenoxy) is 2. The molecule has 3 heterocycles. The summed E-state index contributed by atoms with van der Waals surface area (Å²) >= 11 is 0. The van der Waals surface area contributed by atoms with Crippen molar-refractivity contribution in [3.05, 3.63) is 34.5 Å². The second-order valence-corrected chi connectivity index (χ2v) is 7.00. The molecule has 0 saturated carbocycles. The molecule has 9 nitrogen and oxygen atoms in total. The third kappa shape index (κ3) is 5.66. The van der Waals surface area contributed by atoms with Gasteiger partial charge in [-0.2, -0.15) is 5.10 Å². The highest BCUT2D eigenvalue weighted by Crippen LogP contribution is 2.18. The Hall–Kier alpha value is -2.68. The topological polar surface area (TPSA) is 108 Å². The molecule has 2 aromatic rings. The van der Waals surface area contributed by atoms with Crippen molar-refractivity contribution in [3.8, 4) is 0 Å². The summed E-state index contributed by atoms with van der Waals surface area (Å²) in [6, 6.07) is 1.71. The van der Waals surface area contributed by atoms with Crippen molar-refractivity contribution in [1.82, 2.24) is 20.3 Å². The van der Waals surface area contributed by atoms with Crippen LogP contribution in [0.15, 0.2) is 10.6 Å². The second kappa shape index (κ2) is 10.2. The number of aryl methyl sites for hydroxylation is 2. The lowest BCUT2D eigenvalue weighted by atomic mass is 10.1. The van der Waals surface area contributed by atoms with Crippen LogP contribution in [0.5, 0.6) is 0 Å².